The lowest BCUT2D eigenvalue weighted by Gasteiger charge is -2.35. The van der Waals surface area contributed by atoms with Gasteiger partial charge in [-0.2, -0.15) is 0 Å². The van der Waals surface area contributed by atoms with Crippen LogP contribution in [0.5, 0.6) is 0 Å². The van der Waals surface area contributed by atoms with Crippen molar-refractivity contribution in [2.45, 2.75) is 70.1 Å². The first-order valence-electron chi connectivity index (χ1n) is 13.3. The fraction of sp³-hybridized carbons (Fsp3) is 0.387. The predicted octanol–water partition coefficient (Wildman–Crippen LogP) is 6.05. The summed E-state index contributed by atoms with van der Waals surface area (Å²) in [6.07, 6.45) is 6.58. The highest BCUT2D eigenvalue weighted by atomic mass is 16.1. The molecule has 35 heavy (non-hydrogen) atoms. The predicted molar refractivity (Wildman–Crippen MR) is 143 cm³/mol. The molecular weight excluding hydrogens is 430 g/mol. The number of para-hydroxylation sites is 2. The largest absolute Gasteiger partial charge is 0.329 e. The third-order valence-corrected chi connectivity index (χ3v) is 8.38. The molecule has 1 heterocycles. The lowest BCUT2D eigenvalue weighted by Crippen LogP contribution is -2.40. The van der Waals surface area contributed by atoms with Crippen LogP contribution in [0.25, 0.3) is 11.0 Å². The quantitative estimate of drug-likeness (QED) is 0.376. The van der Waals surface area contributed by atoms with Gasteiger partial charge in [-0.1, -0.05) is 66.7 Å². The van der Waals surface area contributed by atoms with Crippen molar-refractivity contribution in [3.05, 3.63) is 106 Å². The van der Waals surface area contributed by atoms with E-state index in [1.807, 2.05) is 10.6 Å². The summed E-state index contributed by atoms with van der Waals surface area (Å²) in [5.74, 6) is 0.581. The molecule has 3 aromatic carbocycles. The molecule has 0 amide bonds. The maximum atomic E-state index is 13.3. The maximum Gasteiger partial charge on any atom is 0.329 e. The van der Waals surface area contributed by atoms with Crippen molar-refractivity contribution < 1.29 is 0 Å². The zero-order chi connectivity index (χ0) is 23.8. The third kappa shape index (κ3) is 4.14. The average molecular weight is 466 g/mol. The molecule has 1 atom stereocenters. The Hall–Kier alpha value is -3.11. The van der Waals surface area contributed by atoms with Crippen molar-refractivity contribution in [3.8, 4) is 0 Å². The van der Waals surface area contributed by atoms with Crippen LogP contribution in [0.4, 0.5) is 0 Å². The minimum atomic E-state index is 0.149. The van der Waals surface area contributed by atoms with Crippen molar-refractivity contribution in [1.82, 2.24) is 14.5 Å². The second-order valence-electron chi connectivity index (χ2n) is 10.4. The van der Waals surface area contributed by atoms with Crippen LogP contribution >= 0.6 is 0 Å². The highest BCUT2D eigenvalue weighted by Gasteiger charge is 2.33. The summed E-state index contributed by atoms with van der Waals surface area (Å²) in [6, 6.07) is 29.3. The SMILES string of the molecule is CCn1c(=O)n(C2CCC(NC(c3ccccc3)C3Cc4ccccc4C3)CC2)c2ccccc21. The molecule has 180 valence electrons. The number of aromatic nitrogens is 2. The zero-order valence-electron chi connectivity index (χ0n) is 20.6. The molecule has 4 nitrogen and oxygen atoms in total. The van der Waals surface area contributed by atoms with E-state index < -0.39 is 0 Å². The van der Waals surface area contributed by atoms with Gasteiger partial charge in [-0.3, -0.25) is 9.13 Å². The van der Waals surface area contributed by atoms with Crippen molar-refractivity contribution in [1.29, 1.82) is 0 Å². The fourth-order valence-electron chi connectivity index (χ4n) is 6.64. The van der Waals surface area contributed by atoms with Gasteiger partial charge in [0.15, 0.2) is 0 Å². The molecule has 0 saturated heterocycles. The van der Waals surface area contributed by atoms with Crippen LogP contribution in [0.15, 0.2) is 83.7 Å². The van der Waals surface area contributed by atoms with Gasteiger partial charge in [0.05, 0.1) is 11.0 Å². The summed E-state index contributed by atoms with van der Waals surface area (Å²) in [7, 11) is 0. The molecule has 0 spiro atoms. The standard InChI is InChI=1S/C31H35N3O/c1-2-33-28-14-8-9-15-29(28)34(31(33)35)27-18-16-26(17-19-27)32-30(22-10-4-3-5-11-22)25-20-23-12-6-7-13-24(23)21-25/h3-15,25-27,30,32H,2,16-21H2,1H3. The Labute approximate surface area is 207 Å². The van der Waals surface area contributed by atoms with E-state index in [1.54, 1.807) is 0 Å². The summed E-state index contributed by atoms with van der Waals surface area (Å²) in [5.41, 5.74) is 6.71. The highest BCUT2D eigenvalue weighted by Crippen LogP contribution is 2.38. The number of nitrogens with one attached hydrogen (secondary N) is 1. The summed E-state index contributed by atoms with van der Waals surface area (Å²) in [4.78, 5) is 13.3. The van der Waals surface area contributed by atoms with Gasteiger partial charge in [-0.05, 0) is 80.2 Å². The Kier molecular flexibility index (Phi) is 6.07. The summed E-state index contributed by atoms with van der Waals surface area (Å²) < 4.78 is 4.00. The topological polar surface area (TPSA) is 39.0 Å². The van der Waals surface area contributed by atoms with Gasteiger partial charge < -0.3 is 5.32 Å². The minimum Gasteiger partial charge on any atom is -0.307 e. The molecule has 4 heteroatoms. The van der Waals surface area contributed by atoms with Crippen molar-refractivity contribution in [2.24, 2.45) is 5.92 Å². The van der Waals surface area contributed by atoms with E-state index in [0.29, 0.717) is 24.5 Å². The van der Waals surface area contributed by atoms with Crippen molar-refractivity contribution in [3.63, 3.8) is 0 Å². The maximum absolute atomic E-state index is 13.3. The molecule has 1 N–H and O–H groups in total. The molecule has 0 bridgehead atoms. The van der Waals surface area contributed by atoms with Gasteiger partial charge in [0.25, 0.3) is 0 Å². The zero-order valence-corrected chi connectivity index (χ0v) is 20.6. The molecule has 6 rings (SSSR count). The Balaban J connectivity index is 1.20. The Morgan fingerprint density at radius 3 is 2.06 bits per heavy atom. The lowest BCUT2D eigenvalue weighted by molar-refractivity contribution is 0.247. The number of hydrogen-bond acceptors (Lipinski definition) is 2. The van der Waals surface area contributed by atoms with Crippen LogP contribution in [-0.2, 0) is 19.4 Å². The molecule has 0 aliphatic heterocycles. The molecule has 1 unspecified atom stereocenters. The number of hydrogen-bond donors (Lipinski definition) is 1. The number of rotatable bonds is 6. The summed E-state index contributed by atoms with van der Waals surface area (Å²) in [5, 5.41) is 4.10. The minimum absolute atomic E-state index is 0.149. The van der Waals surface area contributed by atoms with Gasteiger partial charge in [-0.25, -0.2) is 4.79 Å². The first-order chi connectivity index (χ1) is 17.2. The smallest absolute Gasteiger partial charge is 0.307 e. The number of aryl methyl sites for hydroxylation is 1. The van der Waals surface area contributed by atoms with Gasteiger partial charge in [0.2, 0.25) is 0 Å². The highest BCUT2D eigenvalue weighted by molar-refractivity contribution is 5.76. The number of imidazole rings is 1. The van der Waals surface area contributed by atoms with Gasteiger partial charge in [-0.15, -0.1) is 0 Å². The Morgan fingerprint density at radius 1 is 0.800 bits per heavy atom. The van der Waals surface area contributed by atoms with Crippen molar-refractivity contribution in [2.75, 3.05) is 0 Å². The van der Waals surface area contributed by atoms with E-state index in [1.165, 1.54) is 16.7 Å². The Bertz CT molecular complexity index is 1340. The summed E-state index contributed by atoms with van der Waals surface area (Å²) in [6.45, 7) is 2.77. The van der Waals surface area contributed by atoms with Crippen LogP contribution in [0, 0.1) is 5.92 Å². The monoisotopic (exact) mass is 465 g/mol. The van der Waals surface area contributed by atoms with Crippen LogP contribution in [0.2, 0.25) is 0 Å². The van der Waals surface area contributed by atoms with Crippen LogP contribution in [0.3, 0.4) is 0 Å². The average Bonchev–Trinajstić information content (AvgIpc) is 3.46. The number of benzene rings is 3. The summed E-state index contributed by atoms with van der Waals surface area (Å²) >= 11 is 0. The second kappa shape index (κ2) is 9.50. The molecule has 1 saturated carbocycles. The van der Waals surface area contributed by atoms with Crippen molar-refractivity contribution >= 4 is 11.0 Å². The molecule has 4 aromatic rings. The molecule has 1 aromatic heterocycles. The third-order valence-electron chi connectivity index (χ3n) is 8.38. The second-order valence-corrected chi connectivity index (χ2v) is 10.4. The van der Waals surface area contributed by atoms with Gasteiger partial charge in [0.1, 0.15) is 0 Å². The van der Waals surface area contributed by atoms with Crippen LogP contribution in [-0.4, -0.2) is 15.2 Å². The first kappa shape index (κ1) is 22.4. The molecule has 2 aliphatic rings. The van der Waals surface area contributed by atoms with E-state index in [4.69, 9.17) is 0 Å². The molecule has 1 fully saturated rings. The first-order valence-corrected chi connectivity index (χ1v) is 13.3. The molecule has 2 aliphatic carbocycles. The van der Waals surface area contributed by atoms with Gasteiger partial charge >= 0.3 is 5.69 Å². The Morgan fingerprint density at radius 2 is 1.40 bits per heavy atom. The molecular formula is C31H35N3O. The van der Waals surface area contributed by atoms with E-state index in [2.05, 4.69) is 89.6 Å². The number of fused-ring (bicyclic) bond motifs is 2. The van der Waals surface area contributed by atoms with Gasteiger partial charge in [0, 0.05) is 24.7 Å². The van der Waals surface area contributed by atoms with E-state index in [9.17, 15) is 4.79 Å². The number of nitrogens with zero attached hydrogens (tertiary/aromatic N) is 2. The van der Waals surface area contributed by atoms with E-state index in [0.717, 1.165) is 49.6 Å². The molecule has 0 radical (unpaired) electrons. The van der Waals surface area contributed by atoms with E-state index >= 15 is 0 Å². The van der Waals surface area contributed by atoms with Crippen LogP contribution < -0.4 is 11.0 Å². The fourth-order valence-corrected chi connectivity index (χ4v) is 6.64. The normalized spacial score (nSPS) is 21.3. The van der Waals surface area contributed by atoms with E-state index in [-0.39, 0.29) is 11.7 Å². The lowest BCUT2D eigenvalue weighted by atomic mass is 9.86. The van der Waals surface area contributed by atoms with Crippen LogP contribution in [0.1, 0.15) is 61.4 Å².